The first-order chi connectivity index (χ1) is 11.5. The minimum absolute atomic E-state index is 0.00737. The molecule has 24 heavy (non-hydrogen) atoms. The van der Waals surface area contributed by atoms with E-state index in [4.69, 9.17) is 0 Å². The summed E-state index contributed by atoms with van der Waals surface area (Å²) < 4.78 is 27.3. The van der Waals surface area contributed by atoms with Crippen molar-refractivity contribution in [2.75, 3.05) is 11.9 Å². The molecule has 0 radical (unpaired) electrons. The summed E-state index contributed by atoms with van der Waals surface area (Å²) in [4.78, 5) is 12.5. The third-order valence-electron chi connectivity index (χ3n) is 4.22. The van der Waals surface area contributed by atoms with Gasteiger partial charge in [-0.1, -0.05) is 12.5 Å². The Morgan fingerprint density at radius 1 is 1.29 bits per heavy atom. The number of carbonyl (C=O) groups is 1. The van der Waals surface area contributed by atoms with Crippen molar-refractivity contribution in [3.8, 4) is 0 Å². The molecule has 0 spiro atoms. The van der Waals surface area contributed by atoms with Gasteiger partial charge < -0.3 is 5.32 Å². The lowest BCUT2D eigenvalue weighted by Crippen LogP contribution is -2.41. The second-order valence-electron chi connectivity index (χ2n) is 5.95. The molecule has 1 aliphatic heterocycles. The molecule has 1 aromatic heterocycles. The van der Waals surface area contributed by atoms with Crippen LogP contribution in [0, 0.1) is 0 Å². The van der Waals surface area contributed by atoms with E-state index in [1.54, 1.807) is 28.6 Å². The van der Waals surface area contributed by atoms with Crippen LogP contribution in [0.15, 0.2) is 46.0 Å². The highest BCUT2D eigenvalue weighted by Gasteiger charge is 2.31. The molecule has 7 heteroatoms. The lowest BCUT2D eigenvalue weighted by Gasteiger charge is -2.32. The Morgan fingerprint density at radius 3 is 2.83 bits per heavy atom. The normalized spacial score (nSPS) is 19.1. The summed E-state index contributed by atoms with van der Waals surface area (Å²) >= 11 is 1.49. The molecule has 128 valence electrons. The first-order valence-electron chi connectivity index (χ1n) is 7.94. The monoisotopic (exact) mass is 364 g/mol. The highest BCUT2D eigenvalue weighted by molar-refractivity contribution is 7.89. The van der Waals surface area contributed by atoms with Crippen LogP contribution in [0.1, 0.15) is 36.5 Å². The predicted molar refractivity (Wildman–Crippen MR) is 95.9 cm³/mol. The highest BCUT2D eigenvalue weighted by atomic mass is 32.2. The van der Waals surface area contributed by atoms with E-state index in [9.17, 15) is 13.2 Å². The summed E-state index contributed by atoms with van der Waals surface area (Å²) in [6, 6.07) is 8.05. The Morgan fingerprint density at radius 2 is 2.12 bits per heavy atom. The van der Waals surface area contributed by atoms with E-state index in [-0.39, 0.29) is 16.8 Å². The smallest absolute Gasteiger partial charge is 0.255 e. The maximum atomic E-state index is 12.9. The average molecular weight is 364 g/mol. The van der Waals surface area contributed by atoms with Crippen molar-refractivity contribution in [3.05, 3.63) is 46.7 Å². The molecule has 1 atom stereocenters. The number of hydrogen-bond donors (Lipinski definition) is 1. The summed E-state index contributed by atoms with van der Waals surface area (Å²) in [5, 5.41) is 6.46. The largest absolute Gasteiger partial charge is 0.321 e. The number of nitrogens with zero attached hydrogens (tertiary/aromatic N) is 1. The number of carbonyl (C=O) groups excluding carboxylic acids is 1. The molecule has 2 aromatic rings. The molecule has 1 N–H and O–H groups in total. The Hall–Kier alpha value is -1.70. The standard InChI is InChI=1S/C17H20N2O3S2/c1-13-5-2-3-9-19(13)24(21,22)16-7-4-6-14(11-16)17(20)18-15-8-10-23-12-15/h4,6-8,10-13H,2-3,5,9H2,1H3,(H,18,20). The second-order valence-corrected chi connectivity index (χ2v) is 8.63. The molecule has 1 unspecified atom stereocenters. The Bertz CT molecular complexity index is 816. The SMILES string of the molecule is CC1CCCCN1S(=O)(=O)c1cccc(C(=O)Nc2ccsc2)c1. The molecule has 1 saturated heterocycles. The van der Waals surface area contributed by atoms with Gasteiger partial charge in [0.05, 0.1) is 10.6 Å². The Balaban J connectivity index is 1.85. The van der Waals surface area contributed by atoms with Gasteiger partial charge in [-0.05, 0) is 49.4 Å². The van der Waals surface area contributed by atoms with Gasteiger partial charge in [-0.3, -0.25) is 4.79 Å². The molecule has 0 bridgehead atoms. The van der Waals surface area contributed by atoms with E-state index >= 15 is 0 Å². The van der Waals surface area contributed by atoms with Crippen molar-refractivity contribution in [1.82, 2.24) is 4.31 Å². The first-order valence-corrected chi connectivity index (χ1v) is 10.3. The van der Waals surface area contributed by atoms with E-state index in [1.165, 1.54) is 17.4 Å². The number of benzene rings is 1. The summed E-state index contributed by atoms with van der Waals surface area (Å²) in [5.41, 5.74) is 1.05. The van der Waals surface area contributed by atoms with Crippen molar-refractivity contribution >= 4 is 33.0 Å². The summed E-state index contributed by atoms with van der Waals surface area (Å²) in [6.07, 6.45) is 2.80. The second kappa shape index (κ2) is 7.04. The van der Waals surface area contributed by atoms with Crippen LogP contribution in [0.2, 0.25) is 0 Å². The third kappa shape index (κ3) is 3.53. The molecule has 2 heterocycles. The number of anilines is 1. The van der Waals surface area contributed by atoms with Crippen LogP contribution in [-0.2, 0) is 10.0 Å². The highest BCUT2D eigenvalue weighted by Crippen LogP contribution is 2.25. The van der Waals surface area contributed by atoms with E-state index in [1.807, 2.05) is 17.7 Å². The molecular weight excluding hydrogens is 344 g/mol. The van der Waals surface area contributed by atoms with Crippen molar-refractivity contribution in [2.24, 2.45) is 0 Å². The van der Waals surface area contributed by atoms with Gasteiger partial charge in [-0.2, -0.15) is 15.6 Å². The Kier molecular flexibility index (Phi) is 5.03. The molecule has 0 aliphatic carbocycles. The molecule has 1 aliphatic rings. The number of sulfonamides is 1. The minimum Gasteiger partial charge on any atom is -0.321 e. The maximum absolute atomic E-state index is 12.9. The zero-order valence-electron chi connectivity index (χ0n) is 13.4. The fraction of sp³-hybridized carbons (Fsp3) is 0.353. The fourth-order valence-corrected chi connectivity index (χ4v) is 5.23. The van der Waals surface area contributed by atoms with E-state index < -0.39 is 10.0 Å². The summed E-state index contributed by atoms with van der Waals surface area (Å²) in [6.45, 7) is 2.47. The summed E-state index contributed by atoms with van der Waals surface area (Å²) in [5.74, 6) is -0.308. The van der Waals surface area contributed by atoms with Gasteiger partial charge in [0.2, 0.25) is 10.0 Å². The van der Waals surface area contributed by atoms with Crippen LogP contribution >= 0.6 is 11.3 Å². The van der Waals surface area contributed by atoms with Gasteiger partial charge in [0.15, 0.2) is 0 Å². The van der Waals surface area contributed by atoms with Crippen molar-refractivity contribution in [3.63, 3.8) is 0 Å². The van der Waals surface area contributed by atoms with Gasteiger partial charge in [-0.15, -0.1) is 0 Å². The van der Waals surface area contributed by atoms with E-state index in [0.717, 1.165) is 19.3 Å². The average Bonchev–Trinajstić information content (AvgIpc) is 3.08. The zero-order chi connectivity index (χ0) is 17.2. The van der Waals surface area contributed by atoms with Gasteiger partial charge in [-0.25, -0.2) is 8.42 Å². The van der Waals surface area contributed by atoms with E-state index in [2.05, 4.69) is 5.32 Å². The summed E-state index contributed by atoms with van der Waals surface area (Å²) in [7, 11) is -3.57. The van der Waals surface area contributed by atoms with E-state index in [0.29, 0.717) is 17.8 Å². The van der Waals surface area contributed by atoms with Crippen molar-refractivity contribution < 1.29 is 13.2 Å². The van der Waals surface area contributed by atoms with Gasteiger partial charge in [0.25, 0.3) is 5.91 Å². The lowest BCUT2D eigenvalue weighted by molar-refractivity contribution is 0.102. The minimum atomic E-state index is -3.57. The fourth-order valence-electron chi connectivity index (χ4n) is 2.90. The number of hydrogen-bond acceptors (Lipinski definition) is 4. The molecule has 5 nitrogen and oxygen atoms in total. The number of piperidine rings is 1. The molecule has 1 fully saturated rings. The predicted octanol–water partition coefficient (Wildman–Crippen LogP) is 3.56. The molecule has 1 amide bonds. The topological polar surface area (TPSA) is 66.5 Å². The Labute approximate surface area is 146 Å². The van der Waals surface area contributed by atoms with Crippen LogP contribution < -0.4 is 5.32 Å². The van der Waals surface area contributed by atoms with Gasteiger partial charge in [0, 0.05) is 23.5 Å². The molecular formula is C17H20N2O3S2. The van der Waals surface area contributed by atoms with Crippen molar-refractivity contribution in [1.29, 1.82) is 0 Å². The van der Waals surface area contributed by atoms with Crippen molar-refractivity contribution in [2.45, 2.75) is 37.1 Å². The van der Waals surface area contributed by atoms with Crippen LogP contribution in [0.3, 0.4) is 0 Å². The van der Waals surface area contributed by atoms with Crippen LogP contribution in [0.5, 0.6) is 0 Å². The maximum Gasteiger partial charge on any atom is 0.255 e. The zero-order valence-corrected chi connectivity index (χ0v) is 15.1. The number of rotatable bonds is 4. The van der Waals surface area contributed by atoms with Crippen LogP contribution in [-0.4, -0.2) is 31.2 Å². The van der Waals surface area contributed by atoms with Gasteiger partial charge >= 0.3 is 0 Å². The molecule has 1 aromatic carbocycles. The first kappa shape index (κ1) is 17.1. The van der Waals surface area contributed by atoms with Crippen LogP contribution in [0.25, 0.3) is 0 Å². The molecule has 3 rings (SSSR count). The molecule has 0 saturated carbocycles. The number of thiophene rings is 1. The third-order valence-corrected chi connectivity index (χ3v) is 6.92. The number of amides is 1. The van der Waals surface area contributed by atoms with Gasteiger partial charge in [0.1, 0.15) is 0 Å². The lowest BCUT2D eigenvalue weighted by atomic mass is 10.1. The van der Waals surface area contributed by atoms with Crippen LogP contribution in [0.4, 0.5) is 5.69 Å². The number of nitrogens with one attached hydrogen (secondary N) is 1. The quantitative estimate of drug-likeness (QED) is 0.902.